The van der Waals surface area contributed by atoms with E-state index in [0.29, 0.717) is 34.8 Å². The first-order valence-electron chi connectivity index (χ1n) is 11.5. The average Bonchev–Trinajstić information content (AvgIpc) is 3.33. The van der Waals surface area contributed by atoms with Crippen molar-refractivity contribution >= 4 is 20.9 Å². The fraction of sp³-hybridized carbons (Fsp3) is 0.259. The Morgan fingerprint density at radius 3 is 2.16 bits per heavy atom. The second-order valence-electron chi connectivity index (χ2n) is 8.34. The van der Waals surface area contributed by atoms with E-state index in [9.17, 15) is 13.5 Å². The first-order chi connectivity index (χ1) is 17.8. The Morgan fingerprint density at radius 2 is 1.54 bits per heavy atom. The standard InChI is InChI=1S/C27H30N2O7S/c1-33-23-10-9-17(18-12-24(34-2)27(36-4)25(13-18)35-3)14-26(23)37(31,32)29-20(16-30)11-19-15-28-22-8-6-5-7-21(19)22/h5-10,12-15,20,28-30H,11,16H2,1-4H3/t20-/m1/s1. The van der Waals surface area contributed by atoms with Gasteiger partial charge in [0.1, 0.15) is 10.6 Å². The Kier molecular flexibility index (Phi) is 7.91. The number of hydrogen-bond acceptors (Lipinski definition) is 7. The van der Waals surface area contributed by atoms with E-state index in [1.165, 1.54) is 34.5 Å². The van der Waals surface area contributed by atoms with Crippen molar-refractivity contribution in [3.8, 4) is 34.1 Å². The number of hydrogen-bond donors (Lipinski definition) is 3. The maximum absolute atomic E-state index is 13.5. The van der Waals surface area contributed by atoms with Gasteiger partial charge in [0.05, 0.1) is 35.0 Å². The molecule has 0 fully saturated rings. The summed E-state index contributed by atoms with van der Waals surface area (Å²) in [4.78, 5) is 3.12. The Labute approximate surface area is 216 Å². The molecule has 0 amide bonds. The number of rotatable bonds is 11. The Balaban J connectivity index is 1.69. The normalized spacial score (nSPS) is 12.4. The van der Waals surface area contributed by atoms with Gasteiger partial charge in [-0.15, -0.1) is 0 Å². The molecule has 4 rings (SSSR count). The zero-order chi connectivity index (χ0) is 26.6. The van der Waals surface area contributed by atoms with Gasteiger partial charge in [-0.05, 0) is 53.4 Å². The van der Waals surface area contributed by atoms with Crippen molar-refractivity contribution in [1.29, 1.82) is 0 Å². The van der Waals surface area contributed by atoms with Crippen LogP contribution in [-0.4, -0.2) is 59.6 Å². The maximum atomic E-state index is 13.5. The van der Waals surface area contributed by atoms with Crippen molar-refractivity contribution < 1.29 is 32.5 Å². The molecule has 0 saturated carbocycles. The molecule has 0 spiro atoms. The number of fused-ring (bicyclic) bond motifs is 1. The first-order valence-corrected chi connectivity index (χ1v) is 13.0. The lowest BCUT2D eigenvalue weighted by Crippen LogP contribution is -2.39. The summed E-state index contributed by atoms with van der Waals surface area (Å²) >= 11 is 0. The maximum Gasteiger partial charge on any atom is 0.244 e. The van der Waals surface area contributed by atoms with E-state index in [0.717, 1.165) is 16.5 Å². The summed E-state index contributed by atoms with van der Waals surface area (Å²) in [5.74, 6) is 1.48. The third kappa shape index (κ3) is 5.36. The van der Waals surface area contributed by atoms with Gasteiger partial charge < -0.3 is 29.0 Å². The monoisotopic (exact) mass is 526 g/mol. The SMILES string of the molecule is COc1ccc(-c2cc(OC)c(OC)c(OC)c2)cc1S(=O)(=O)N[C@@H](CO)Cc1c[nH]c2ccccc12. The minimum absolute atomic E-state index is 0.0568. The Hall–Kier alpha value is -3.73. The van der Waals surface area contributed by atoms with Gasteiger partial charge in [-0.25, -0.2) is 13.1 Å². The molecule has 1 heterocycles. The summed E-state index contributed by atoms with van der Waals surface area (Å²) in [6.07, 6.45) is 2.13. The molecule has 0 bridgehead atoms. The summed E-state index contributed by atoms with van der Waals surface area (Å²) in [5, 5.41) is 11.0. The molecule has 0 aliphatic carbocycles. The third-order valence-corrected chi connectivity index (χ3v) is 7.68. The fourth-order valence-electron chi connectivity index (χ4n) is 4.31. The van der Waals surface area contributed by atoms with E-state index in [1.54, 1.807) is 24.3 Å². The summed E-state index contributed by atoms with van der Waals surface area (Å²) in [6.45, 7) is -0.381. The number of methoxy groups -OCH3 is 4. The van der Waals surface area contributed by atoms with Gasteiger partial charge in [-0.2, -0.15) is 0 Å². The van der Waals surface area contributed by atoms with Crippen molar-refractivity contribution in [3.05, 3.63) is 66.4 Å². The van der Waals surface area contributed by atoms with Gasteiger partial charge in [0, 0.05) is 23.1 Å². The highest BCUT2D eigenvalue weighted by molar-refractivity contribution is 7.89. The molecule has 0 aliphatic heterocycles. The van der Waals surface area contributed by atoms with Crippen LogP contribution in [0.4, 0.5) is 0 Å². The van der Waals surface area contributed by atoms with Crippen LogP contribution in [0.15, 0.2) is 65.7 Å². The minimum atomic E-state index is -4.08. The molecule has 3 N–H and O–H groups in total. The van der Waals surface area contributed by atoms with E-state index in [-0.39, 0.29) is 17.3 Å². The lowest BCUT2D eigenvalue weighted by atomic mass is 10.0. The average molecular weight is 527 g/mol. The van der Waals surface area contributed by atoms with E-state index < -0.39 is 16.1 Å². The van der Waals surface area contributed by atoms with Crippen LogP contribution in [0, 0.1) is 0 Å². The highest BCUT2D eigenvalue weighted by Gasteiger charge is 2.25. The molecule has 9 nitrogen and oxygen atoms in total. The number of aromatic amines is 1. The van der Waals surface area contributed by atoms with Gasteiger partial charge in [0.2, 0.25) is 15.8 Å². The van der Waals surface area contributed by atoms with E-state index in [4.69, 9.17) is 18.9 Å². The highest BCUT2D eigenvalue weighted by atomic mass is 32.2. The second kappa shape index (κ2) is 11.1. The number of sulfonamides is 1. The molecule has 1 aromatic heterocycles. The third-order valence-electron chi connectivity index (χ3n) is 6.13. The Morgan fingerprint density at radius 1 is 0.865 bits per heavy atom. The number of ether oxygens (including phenoxy) is 4. The Bertz CT molecular complexity index is 1470. The molecule has 3 aromatic carbocycles. The number of aromatic nitrogens is 1. The fourth-order valence-corrected chi connectivity index (χ4v) is 5.73. The topological polar surface area (TPSA) is 119 Å². The predicted molar refractivity (Wildman–Crippen MR) is 141 cm³/mol. The van der Waals surface area contributed by atoms with E-state index >= 15 is 0 Å². The molecule has 196 valence electrons. The lowest BCUT2D eigenvalue weighted by molar-refractivity contribution is 0.256. The number of aliphatic hydroxyl groups excluding tert-OH is 1. The number of H-pyrrole nitrogens is 1. The molecule has 0 radical (unpaired) electrons. The number of benzene rings is 3. The van der Waals surface area contributed by atoms with E-state index in [1.807, 2.05) is 30.5 Å². The van der Waals surface area contributed by atoms with Crippen LogP contribution in [0.25, 0.3) is 22.0 Å². The predicted octanol–water partition coefficient (Wildman–Crippen LogP) is 3.75. The van der Waals surface area contributed by atoms with Crippen LogP contribution in [-0.2, 0) is 16.4 Å². The largest absolute Gasteiger partial charge is 0.495 e. The quantitative estimate of drug-likeness (QED) is 0.272. The zero-order valence-electron chi connectivity index (χ0n) is 21.1. The van der Waals surface area contributed by atoms with Crippen LogP contribution in [0.5, 0.6) is 23.0 Å². The van der Waals surface area contributed by atoms with Gasteiger partial charge in [0.15, 0.2) is 11.5 Å². The van der Waals surface area contributed by atoms with Gasteiger partial charge in [-0.1, -0.05) is 24.3 Å². The molecule has 4 aromatic rings. The van der Waals surface area contributed by atoms with Crippen LogP contribution >= 0.6 is 0 Å². The van der Waals surface area contributed by atoms with Gasteiger partial charge >= 0.3 is 0 Å². The zero-order valence-corrected chi connectivity index (χ0v) is 21.9. The van der Waals surface area contributed by atoms with Crippen LogP contribution < -0.4 is 23.7 Å². The molecular weight excluding hydrogens is 496 g/mol. The number of aliphatic hydroxyl groups is 1. The van der Waals surface area contributed by atoms with Crippen molar-refractivity contribution in [3.63, 3.8) is 0 Å². The minimum Gasteiger partial charge on any atom is -0.495 e. The molecule has 0 saturated heterocycles. The highest BCUT2D eigenvalue weighted by Crippen LogP contribution is 2.42. The molecule has 0 unspecified atom stereocenters. The second-order valence-corrected chi connectivity index (χ2v) is 10.0. The van der Waals surface area contributed by atoms with Crippen molar-refractivity contribution in [1.82, 2.24) is 9.71 Å². The summed E-state index contributed by atoms with van der Waals surface area (Å²) < 4.78 is 51.3. The van der Waals surface area contributed by atoms with Gasteiger partial charge in [-0.3, -0.25) is 0 Å². The lowest BCUT2D eigenvalue weighted by Gasteiger charge is -2.19. The van der Waals surface area contributed by atoms with Crippen LogP contribution in [0.3, 0.4) is 0 Å². The molecular formula is C27H30N2O7S. The summed E-state index contributed by atoms with van der Waals surface area (Å²) in [7, 11) is 1.86. The van der Waals surface area contributed by atoms with E-state index in [2.05, 4.69) is 9.71 Å². The summed E-state index contributed by atoms with van der Waals surface area (Å²) in [6, 6.07) is 15.3. The molecule has 0 aliphatic rings. The molecule has 10 heteroatoms. The first kappa shape index (κ1) is 26.3. The molecule has 1 atom stereocenters. The summed E-state index contributed by atoms with van der Waals surface area (Å²) in [5.41, 5.74) is 3.09. The smallest absolute Gasteiger partial charge is 0.244 e. The number of nitrogens with one attached hydrogen (secondary N) is 2. The van der Waals surface area contributed by atoms with Crippen molar-refractivity contribution in [2.45, 2.75) is 17.4 Å². The van der Waals surface area contributed by atoms with Crippen LogP contribution in [0.1, 0.15) is 5.56 Å². The number of para-hydroxylation sites is 1. The van der Waals surface area contributed by atoms with Crippen molar-refractivity contribution in [2.75, 3.05) is 35.0 Å². The van der Waals surface area contributed by atoms with Crippen molar-refractivity contribution in [2.24, 2.45) is 0 Å². The molecule has 37 heavy (non-hydrogen) atoms. The van der Waals surface area contributed by atoms with Gasteiger partial charge in [0.25, 0.3) is 0 Å². The van der Waals surface area contributed by atoms with Crippen LogP contribution in [0.2, 0.25) is 0 Å².